The van der Waals surface area contributed by atoms with Crippen LogP contribution in [-0.2, 0) is 9.53 Å². The Morgan fingerprint density at radius 3 is 2.63 bits per heavy atom. The van der Waals surface area contributed by atoms with Gasteiger partial charge in [0.2, 0.25) is 6.41 Å². The SMILES string of the molecule is CCC1=CC(OC(=O)c2cccnc2)([N+](=O)[O-])C(N(C=O)CC)=C(CC)C1. The van der Waals surface area contributed by atoms with E-state index in [1.807, 2.05) is 13.8 Å². The molecule has 1 heterocycles. The van der Waals surface area contributed by atoms with Crippen LogP contribution < -0.4 is 0 Å². The third-order valence-electron chi connectivity index (χ3n) is 4.57. The molecule has 27 heavy (non-hydrogen) atoms. The molecule has 1 aliphatic rings. The third kappa shape index (κ3) is 3.89. The zero-order valence-electron chi connectivity index (χ0n) is 15.7. The highest BCUT2D eigenvalue weighted by Crippen LogP contribution is 2.40. The Bertz CT molecular complexity index is 788. The maximum absolute atomic E-state index is 12.6. The minimum atomic E-state index is -2.25. The normalized spacial score (nSPS) is 19.3. The summed E-state index contributed by atoms with van der Waals surface area (Å²) in [7, 11) is 0. The number of pyridine rings is 1. The predicted molar refractivity (Wildman–Crippen MR) is 98.1 cm³/mol. The van der Waals surface area contributed by atoms with Crippen LogP contribution in [-0.4, -0.2) is 39.5 Å². The highest BCUT2D eigenvalue weighted by molar-refractivity contribution is 5.89. The van der Waals surface area contributed by atoms with E-state index < -0.39 is 16.6 Å². The van der Waals surface area contributed by atoms with Crippen molar-refractivity contribution < 1.29 is 19.2 Å². The van der Waals surface area contributed by atoms with Gasteiger partial charge in [0.25, 0.3) is 0 Å². The molecule has 0 saturated heterocycles. The minimum Gasteiger partial charge on any atom is -0.384 e. The van der Waals surface area contributed by atoms with E-state index in [0.29, 0.717) is 31.2 Å². The average molecular weight is 373 g/mol. The number of rotatable bonds is 8. The first-order valence-corrected chi connectivity index (χ1v) is 8.86. The van der Waals surface area contributed by atoms with Crippen molar-refractivity contribution in [1.82, 2.24) is 9.88 Å². The quantitative estimate of drug-likeness (QED) is 0.173. The molecular formula is C19H23N3O5. The molecule has 1 aliphatic carbocycles. The average Bonchev–Trinajstić information content (AvgIpc) is 2.69. The van der Waals surface area contributed by atoms with E-state index in [1.165, 1.54) is 29.4 Å². The number of esters is 1. The summed E-state index contributed by atoms with van der Waals surface area (Å²) in [6.45, 7) is 5.67. The number of allylic oxidation sites excluding steroid dienone is 2. The number of hydrogen-bond acceptors (Lipinski definition) is 6. The van der Waals surface area contributed by atoms with E-state index in [9.17, 15) is 19.7 Å². The van der Waals surface area contributed by atoms with E-state index in [0.717, 1.165) is 5.57 Å². The van der Waals surface area contributed by atoms with Gasteiger partial charge < -0.3 is 9.64 Å². The Labute approximate surface area is 157 Å². The zero-order chi connectivity index (χ0) is 20.0. The van der Waals surface area contributed by atoms with Gasteiger partial charge in [-0.05, 0) is 43.9 Å². The van der Waals surface area contributed by atoms with Crippen molar-refractivity contribution in [1.29, 1.82) is 0 Å². The Morgan fingerprint density at radius 1 is 1.41 bits per heavy atom. The number of likely N-dealkylation sites (N-methyl/N-ethyl adjacent to an activating group) is 1. The third-order valence-corrected chi connectivity index (χ3v) is 4.57. The molecule has 1 aromatic heterocycles. The molecule has 0 aromatic carbocycles. The second-order valence-corrected chi connectivity index (χ2v) is 6.11. The topological polar surface area (TPSA) is 103 Å². The summed E-state index contributed by atoms with van der Waals surface area (Å²) in [4.78, 5) is 40.9. The molecule has 0 bridgehead atoms. The van der Waals surface area contributed by atoms with E-state index >= 15 is 0 Å². The molecule has 1 aromatic rings. The van der Waals surface area contributed by atoms with Gasteiger partial charge in [-0.3, -0.25) is 19.9 Å². The summed E-state index contributed by atoms with van der Waals surface area (Å²) in [6, 6.07) is 3.01. The maximum atomic E-state index is 12.6. The number of hydrogen-bond donors (Lipinski definition) is 0. The van der Waals surface area contributed by atoms with Crippen LogP contribution in [0.25, 0.3) is 0 Å². The molecular weight excluding hydrogens is 350 g/mol. The lowest BCUT2D eigenvalue weighted by Crippen LogP contribution is -2.50. The van der Waals surface area contributed by atoms with E-state index in [2.05, 4.69) is 4.98 Å². The van der Waals surface area contributed by atoms with Gasteiger partial charge in [-0.1, -0.05) is 19.4 Å². The lowest BCUT2D eigenvalue weighted by Gasteiger charge is -2.35. The molecule has 0 saturated carbocycles. The summed E-state index contributed by atoms with van der Waals surface area (Å²) >= 11 is 0. The molecule has 0 N–H and O–H groups in total. The predicted octanol–water partition coefficient (Wildman–Crippen LogP) is 3.09. The Hall–Kier alpha value is -3.03. The van der Waals surface area contributed by atoms with Crippen LogP contribution in [0.4, 0.5) is 0 Å². The van der Waals surface area contributed by atoms with Gasteiger partial charge in [0.05, 0.1) is 10.5 Å². The second-order valence-electron chi connectivity index (χ2n) is 6.11. The summed E-state index contributed by atoms with van der Waals surface area (Å²) < 4.78 is 5.48. The number of nitro groups is 1. The Kier molecular flexibility index (Phi) is 6.44. The van der Waals surface area contributed by atoms with Crippen molar-refractivity contribution in [2.75, 3.05) is 6.54 Å². The number of ether oxygens (including phenoxy) is 1. The summed E-state index contributed by atoms with van der Waals surface area (Å²) in [5.74, 6) is -0.872. The minimum absolute atomic E-state index is 0.0993. The summed E-state index contributed by atoms with van der Waals surface area (Å²) in [5.41, 5.74) is -0.546. The van der Waals surface area contributed by atoms with Crippen LogP contribution >= 0.6 is 0 Å². The summed E-state index contributed by atoms with van der Waals surface area (Å²) in [6.07, 6.45) is 6.24. The molecule has 2 rings (SSSR count). The van der Waals surface area contributed by atoms with Crippen LogP contribution in [0.15, 0.2) is 47.4 Å². The fraction of sp³-hybridized carbons (Fsp3) is 0.421. The number of amides is 1. The lowest BCUT2D eigenvalue weighted by molar-refractivity contribution is -0.594. The van der Waals surface area contributed by atoms with Crippen molar-refractivity contribution in [2.24, 2.45) is 0 Å². The van der Waals surface area contributed by atoms with Crippen LogP contribution in [0.2, 0.25) is 0 Å². The molecule has 8 heteroatoms. The monoisotopic (exact) mass is 373 g/mol. The van der Waals surface area contributed by atoms with Gasteiger partial charge in [0, 0.05) is 25.0 Å². The molecule has 1 unspecified atom stereocenters. The zero-order valence-corrected chi connectivity index (χ0v) is 15.7. The maximum Gasteiger partial charge on any atom is 0.427 e. The fourth-order valence-electron chi connectivity index (χ4n) is 3.16. The molecule has 0 fully saturated rings. The second kappa shape index (κ2) is 8.57. The van der Waals surface area contributed by atoms with E-state index in [1.54, 1.807) is 13.0 Å². The first-order chi connectivity index (χ1) is 12.9. The molecule has 1 amide bonds. The van der Waals surface area contributed by atoms with Crippen molar-refractivity contribution in [3.63, 3.8) is 0 Å². The van der Waals surface area contributed by atoms with E-state index in [-0.39, 0.29) is 17.8 Å². The molecule has 0 radical (unpaired) electrons. The van der Waals surface area contributed by atoms with Gasteiger partial charge in [0.15, 0.2) is 0 Å². The van der Waals surface area contributed by atoms with Crippen LogP contribution in [0.5, 0.6) is 0 Å². The Balaban J connectivity index is 2.65. The first-order valence-electron chi connectivity index (χ1n) is 8.86. The van der Waals surface area contributed by atoms with Crippen LogP contribution in [0.1, 0.15) is 50.4 Å². The first kappa shape index (κ1) is 20.3. The van der Waals surface area contributed by atoms with Gasteiger partial charge in [-0.15, -0.1) is 0 Å². The van der Waals surface area contributed by atoms with Gasteiger partial charge in [-0.2, -0.15) is 0 Å². The number of carbonyl (C=O) groups is 2. The van der Waals surface area contributed by atoms with Crippen LogP contribution in [0, 0.1) is 10.1 Å². The van der Waals surface area contributed by atoms with Crippen molar-refractivity contribution >= 4 is 12.4 Å². The molecule has 1 atom stereocenters. The van der Waals surface area contributed by atoms with Crippen molar-refractivity contribution in [2.45, 2.75) is 45.8 Å². The highest BCUT2D eigenvalue weighted by Gasteiger charge is 2.55. The van der Waals surface area contributed by atoms with Crippen LogP contribution in [0.3, 0.4) is 0 Å². The highest BCUT2D eigenvalue weighted by atomic mass is 16.7. The van der Waals surface area contributed by atoms with Gasteiger partial charge in [0.1, 0.15) is 5.70 Å². The van der Waals surface area contributed by atoms with E-state index in [4.69, 9.17) is 4.74 Å². The standard InChI is InChI=1S/C19H23N3O5/c1-4-14-10-15(5-2)17(21(6-3)13-23)19(11-14,22(25)26)27-18(24)16-8-7-9-20-12-16/h7-9,11-13H,4-6,10H2,1-3H3. The largest absolute Gasteiger partial charge is 0.427 e. The molecule has 8 nitrogen and oxygen atoms in total. The van der Waals surface area contributed by atoms with Gasteiger partial charge >= 0.3 is 11.7 Å². The van der Waals surface area contributed by atoms with Gasteiger partial charge in [-0.25, -0.2) is 4.79 Å². The molecule has 0 spiro atoms. The molecule has 144 valence electrons. The van der Waals surface area contributed by atoms with Crippen molar-refractivity contribution in [3.05, 3.63) is 63.1 Å². The Morgan fingerprint density at radius 2 is 2.15 bits per heavy atom. The summed E-state index contributed by atoms with van der Waals surface area (Å²) in [5, 5.41) is 12.2. The molecule has 0 aliphatic heterocycles. The number of nitrogens with zero attached hydrogens (tertiary/aromatic N) is 3. The van der Waals surface area contributed by atoms with Crippen molar-refractivity contribution in [3.8, 4) is 0 Å². The number of carbonyl (C=O) groups excluding carboxylic acids is 2. The number of aromatic nitrogens is 1. The smallest absolute Gasteiger partial charge is 0.384 e. The lowest BCUT2D eigenvalue weighted by atomic mass is 9.86. The fourth-order valence-corrected chi connectivity index (χ4v) is 3.16.